The van der Waals surface area contributed by atoms with Crippen LogP contribution in [0.15, 0.2) is 59.5 Å². The molecule has 1 saturated carbocycles. The van der Waals surface area contributed by atoms with Gasteiger partial charge in [-0.15, -0.1) is 11.3 Å². The average molecular weight is 607 g/mol. The molecule has 10 heteroatoms. The van der Waals surface area contributed by atoms with Gasteiger partial charge in [-0.3, -0.25) is 14.5 Å². The molecule has 2 amide bonds. The highest BCUT2D eigenvalue weighted by Gasteiger charge is 2.53. The number of amides is 2. The van der Waals surface area contributed by atoms with E-state index in [0.717, 1.165) is 42.8 Å². The topological polar surface area (TPSA) is 113 Å². The Morgan fingerprint density at radius 1 is 1.05 bits per heavy atom. The monoisotopic (exact) mass is 606 g/mol. The summed E-state index contributed by atoms with van der Waals surface area (Å²) in [5.41, 5.74) is 8.68. The highest BCUT2D eigenvalue weighted by atomic mass is 32.2. The molecule has 3 aromatic rings. The molecule has 2 bridgehead atoms. The minimum atomic E-state index is -3.69. The minimum absolute atomic E-state index is 0.00701. The number of anilines is 1. The Bertz CT molecular complexity index is 1630. The van der Waals surface area contributed by atoms with Crippen molar-refractivity contribution in [2.24, 2.45) is 16.6 Å². The summed E-state index contributed by atoms with van der Waals surface area (Å²) in [4.78, 5) is 29.3. The molecule has 1 aliphatic carbocycles. The van der Waals surface area contributed by atoms with E-state index >= 15 is 0 Å². The third-order valence-corrected chi connectivity index (χ3v) is 12.0. The first-order valence-corrected chi connectivity index (χ1v) is 16.7. The van der Waals surface area contributed by atoms with Gasteiger partial charge in [-0.05, 0) is 71.9 Å². The van der Waals surface area contributed by atoms with Gasteiger partial charge in [0.15, 0.2) is 0 Å². The van der Waals surface area contributed by atoms with Gasteiger partial charge in [-0.25, -0.2) is 8.42 Å². The molecular formula is C32H38N4O4S2. The predicted molar refractivity (Wildman–Crippen MR) is 165 cm³/mol. The van der Waals surface area contributed by atoms with Crippen LogP contribution in [0.2, 0.25) is 0 Å². The maximum Gasteiger partial charge on any atom is 0.256 e. The molecule has 2 aliphatic heterocycles. The number of thiophene rings is 1. The van der Waals surface area contributed by atoms with Crippen molar-refractivity contribution >= 4 is 38.2 Å². The number of hydrogen-bond donors (Lipinski definition) is 2. The maximum atomic E-state index is 13.6. The smallest absolute Gasteiger partial charge is 0.256 e. The normalized spacial score (nSPS) is 23.8. The van der Waals surface area contributed by atoms with Gasteiger partial charge in [0.1, 0.15) is 5.00 Å². The first kappa shape index (κ1) is 29.0. The number of nitrogens with two attached hydrogens (primary N) is 1. The number of fused-ring (bicyclic) bond motifs is 3. The molecule has 2 unspecified atom stereocenters. The van der Waals surface area contributed by atoms with Crippen molar-refractivity contribution < 1.29 is 18.0 Å². The second kappa shape index (κ2) is 10.6. The predicted octanol–water partition coefficient (Wildman–Crippen LogP) is 5.25. The minimum Gasteiger partial charge on any atom is -0.365 e. The molecule has 3 aliphatic rings. The van der Waals surface area contributed by atoms with Crippen LogP contribution in [0.25, 0.3) is 0 Å². The van der Waals surface area contributed by atoms with Crippen molar-refractivity contribution in [1.82, 2.24) is 9.21 Å². The largest absolute Gasteiger partial charge is 0.365 e. The van der Waals surface area contributed by atoms with Gasteiger partial charge >= 0.3 is 0 Å². The molecule has 6 rings (SSSR count). The Morgan fingerprint density at radius 3 is 2.45 bits per heavy atom. The molecule has 0 spiro atoms. The fourth-order valence-electron chi connectivity index (χ4n) is 7.56. The van der Waals surface area contributed by atoms with Gasteiger partial charge in [0.25, 0.3) is 11.8 Å². The van der Waals surface area contributed by atoms with Crippen LogP contribution in [0.5, 0.6) is 0 Å². The number of carbonyl (C=O) groups excluding carboxylic acids is 2. The van der Waals surface area contributed by atoms with E-state index in [0.29, 0.717) is 35.6 Å². The third-order valence-electron chi connectivity index (χ3n) is 8.95. The number of sulfonamides is 1. The van der Waals surface area contributed by atoms with Crippen LogP contribution in [0.3, 0.4) is 0 Å². The summed E-state index contributed by atoms with van der Waals surface area (Å²) in [6, 6.07) is 16.3. The molecule has 3 heterocycles. The summed E-state index contributed by atoms with van der Waals surface area (Å²) in [6.45, 7) is 9.41. The van der Waals surface area contributed by atoms with Gasteiger partial charge in [0, 0.05) is 42.7 Å². The van der Waals surface area contributed by atoms with E-state index in [-0.39, 0.29) is 21.8 Å². The number of hydrogen-bond acceptors (Lipinski definition) is 6. The number of nitrogens with one attached hydrogen (secondary N) is 1. The molecule has 3 N–H and O–H groups in total. The highest BCUT2D eigenvalue weighted by Crippen LogP contribution is 2.53. The van der Waals surface area contributed by atoms with Crippen molar-refractivity contribution in [1.29, 1.82) is 0 Å². The van der Waals surface area contributed by atoms with Crippen LogP contribution in [0.4, 0.5) is 5.00 Å². The quantitative estimate of drug-likeness (QED) is 0.382. The van der Waals surface area contributed by atoms with Gasteiger partial charge in [0.05, 0.1) is 10.5 Å². The zero-order valence-electron chi connectivity index (χ0n) is 24.4. The first-order chi connectivity index (χ1) is 19.8. The standard InChI is InChI=1S/C32H38N4O4S2/c1-31(2)15-23-16-32(3,19-31)20-36(23)42(39,40)24-11-9-22(10-12-24)29(38)34-30-27(28(33)37)25-13-14-35(18-26(25)41-30)17-21-7-5-4-6-8-21/h4-12,23H,13-20H2,1-3H3,(H2,33,37)(H,34,38). The van der Waals surface area contributed by atoms with Crippen LogP contribution < -0.4 is 11.1 Å². The lowest BCUT2D eigenvalue weighted by Gasteiger charge is -2.39. The lowest BCUT2D eigenvalue weighted by molar-refractivity contribution is 0.0999. The zero-order chi connectivity index (χ0) is 29.9. The summed E-state index contributed by atoms with van der Waals surface area (Å²) >= 11 is 1.38. The van der Waals surface area contributed by atoms with Gasteiger partial charge in [-0.2, -0.15) is 4.31 Å². The Morgan fingerprint density at radius 2 is 1.76 bits per heavy atom. The summed E-state index contributed by atoms with van der Waals surface area (Å²) in [5.74, 6) is -0.971. The molecule has 1 saturated heterocycles. The summed E-state index contributed by atoms with van der Waals surface area (Å²) in [5, 5.41) is 3.33. The SMILES string of the molecule is CC1(C)CC2CC(C)(CN2S(=O)(=O)c2ccc(C(=O)Nc3sc4c(c3C(N)=O)CCN(Cc3ccccc3)C4)cc2)C1. The third kappa shape index (κ3) is 5.53. The van der Waals surface area contributed by atoms with E-state index in [1.165, 1.54) is 41.2 Å². The Labute approximate surface area is 252 Å². The van der Waals surface area contributed by atoms with Crippen molar-refractivity contribution in [2.75, 3.05) is 18.4 Å². The maximum absolute atomic E-state index is 13.6. The molecule has 2 fully saturated rings. The fraction of sp³-hybridized carbons (Fsp3) is 0.438. The van der Waals surface area contributed by atoms with Crippen LogP contribution in [0, 0.1) is 10.8 Å². The Hall–Kier alpha value is -3.05. The van der Waals surface area contributed by atoms with E-state index in [2.05, 4.69) is 43.1 Å². The lowest BCUT2D eigenvalue weighted by Crippen LogP contribution is -2.37. The average Bonchev–Trinajstić information content (AvgIpc) is 3.41. The number of primary amides is 1. The van der Waals surface area contributed by atoms with E-state index in [1.807, 2.05) is 18.2 Å². The second-order valence-electron chi connectivity index (χ2n) is 13.3. The Balaban J connectivity index is 1.18. The summed E-state index contributed by atoms with van der Waals surface area (Å²) in [6.07, 6.45) is 3.41. The van der Waals surface area contributed by atoms with Crippen molar-refractivity contribution in [3.05, 3.63) is 81.7 Å². The van der Waals surface area contributed by atoms with Crippen LogP contribution in [-0.2, 0) is 29.5 Å². The van der Waals surface area contributed by atoms with Crippen molar-refractivity contribution in [3.8, 4) is 0 Å². The van der Waals surface area contributed by atoms with Crippen LogP contribution in [-0.4, -0.2) is 48.6 Å². The van der Waals surface area contributed by atoms with E-state index in [1.54, 1.807) is 4.31 Å². The molecule has 2 atom stereocenters. The molecule has 2 aromatic carbocycles. The fourth-order valence-corrected chi connectivity index (χ4v) is 10.6. The molecule has 42 heavy (non-hydrogen) atoms. The summed E-state index contributed by atoms with van der Waals surface area (Å²) < 4.78 is 29.0. The number of rotatable bonds is 7. The number of carbonyl (C=O) groups is 2. The Kier molecular flexibility index (Phi) is 7.32. The van der Waals surface area contributed by atoms with Crippen molar-refractivity contribution in [3.63, 3.8) is 0 Å². The van der Waals surface area contributed by atoms with Crippen LogP contribution in [0.1, 0.15) is 76.8 Å². The zero-order valence-corrected chi connectivity index (χ0v) is 26.0. The molecular weight excluding hydrogens is 569 g/mol. The number of benzene rings is 2. The molecule has 8 nitrogen and oxygen atoms in total. The van der Waals surface area contributed by atoms with E-state index in [9.17, 15) is 18.0 Å². The van der Waals surface area contributed by atoms with Crippen LogP contribution >= 0.6 is 11.3 Å². The molecule has 1 aromatic heterocycles. The lowest BCUT2D eigenvalue weighted by atomic mass is 9.65. The first-order valence-electron chi connectivity index (χ1n) is 14.5. The molecule has 222 valence electrons. The van der Waals surface area contributed by atoms with E-state index < -0.39 is 21.8 Å². The van der Waals surface area contributed by atoms with Gasteiger partial charge in [0.2, 0.25) is 10.0 Å². The number of nitrogens with zero attached hydrogens (tertiary/aromatic N) is 2. The van der Waals surface area contributed by atoms with Gasteiger partial charge in [-0.1, -0.05) is 51.1 Å². The second-order valence-corrected chi connectivity index (χ2v) is 16.3. The highest BCUT2D eigenvalue weighted by molar-refractivity contribution is 7.89. The molecule has 0 radical (unpaired) electrons. The summed E-state index contributed by atoms with van der Waals surface area (Å²) in [7, 11) is -3.69. The van der Waals surface area contributed by atoms with Crippen molar-refractivity contribution in [2.45, 2.75) is 70.5 Å². The van der Waals surface area contributed by atoms with E-state index in [4.69, 9.17) is 5.73 Å². The van der Waals surface area contributed by atoms with Gasteiger partial charge < -0.3 is 11.1 Å².